The van der Waals surface area contributed by atoms with Crippen LogP contribution in [0.3, 0.4) is 0 Å². The Labute approximate surface area is 253 Å². The third-order valence-electron chi connectivity index (χ3n) is 5.89. The second kappa shape index (κ2) is 14.0. The van der Waals surface area contributed by atoms with E-state index in [9.17, 15) is 14.4 Å². The van der Waals surface area contributed by atoms with Crippen LogP contribution in [0.25, 0.3) is 6.08 Å². The largest absolute Gasteiger partial charge is 0.325 e. The standard InChI is InChI=1S/C32H27Cl2N3O3S/c1-20-8-6-12-25(18-20)36-30(38)21(2)41-26-16-14-24(15-17-26)35-32(40)28(19-23-11-7-13-27(33)29(23)34)37-31(39)22-9-4-3-5-10-22/h3-19,21H,1-2H3,(H,35,40)(H,36,38)(H,37,39)/b28-19-. The molecule has 0 aromatic heterocycles. The summed E-state index contributed by atoms with van der Waals surface area (Å²) in [6.07, 6.45) is 1.48. The molecule has 208 valence electrons. The van der Waals surface area contributed by atoms with Crippen LogP contribution in [0.4, 0.5) is 11.4 Å². The van der Waals surface area contributed by atoms with E-state index in [1.54, 1.807) is 60.7 Å². The number of nitrogens with one attached hydrogen (secondary N) is 3. The van der Waals surface area contributed by atoms with Crippen molar-refractivity contribution in [1.82, 2.24) is 5.32 Å². The molecular weight excluding hydrogens is 577 g/mol. The molecule has 4 rings (SSSR count). The summed E-state index contributed by atoms with van der Waals surface area (Å²) in [5.74, 6) is -1.10. The summed E-state index contributed by atoms with van der Waals surface area (Å²) >= 11 is 13.9. The Bertz CT molecular complexity index is 1590. The van der Waals surface area contributed by atoms with Crippen molar-refractivity contribution >= 4 is 70.1 Å². The van der Waals surface area contributed by atoms with Gasteiger partial charge in [-0.05, 0) is 85.6 Å². The number of anilines is 2. The molecule has 0 heterocycles. The monoisotopic (exact) mass is 603 g/mol. The summed E-state index contributed by atoms with van der Waals surface area (Å²) in [4.78, 5) is 39.7. The van der Waals surface area contributed by atoms with E-state index in [1.165, 1.54) is 17.8 Å². The minimum Gasteiger partial charge on any atom is -0.325 e. The first kappa shape index (κ1) is 29.9. The van der Waals surface area contributed by atoms with Gasteiger partial charge in [0, 0.05) is 21.8 Å². The summed E-state index contributed by atoms with van der Waals surface area (Å²) in [5, 5.41) is 8.66. The van der Waals surface area contributed by atoms with Crippen molar-refractivity contribution in [2.45, 2.75) is 24.0 Å². The fourth-order valence-corrected chi connectivity index (χ4v) is 5.00. The number of hydrogen-bond acceptors (Lipinski definition) is 4. The molecule has 0 aliphatic rings. The van der Waals surface area contributed by atoms with Gasteiger partial charge in [0.15, 0.2) is 0 Å². The van der Waals surface area contributed by atoms with Crippen molar-refractivity contribution < 1.29 is 14.4 Å². The van der Waals surface area contributed by atoms with Crippen LogP contribution in [0.15, 0.2) is 108 Å². The van der Waals surface area contributed by atoms with Crippen LogP contribution >= 0.6 is 35.0 Å². The lowest BCUT2D eigenvalue weighted by Gasteiger charge is -2.14. The van der Waals surface area contributed by atoms with Crippen molar-refractivity contribution in [2.24, 2.45) is 0 Å². The Morgan fingerprint density at radius 1 is 0.805 bits per heavy atom. The first-order valence-electron chi connectivity index (χ1n) is 12.7. The first-order valence-corrected chi connectivity index (χ1v) is 14.3. The SMILES string of the molecule is Cc1cccc(NC(=O)C(C)Sc2ccc(NC(=O)/C(=C/c3cccc(Cl)c3Cl)NC(=O)c3ccccc3)cc2)c1. The van der Waals surface area contributed by atoms with Crippen molar-refractivity contribution in [3.63, 3.8) is 0 Å². The number of benzene rings is 4. The molecule has 0 aliphatic heterocycles. The molecule has 4 aromatic carbocycles. The molecule has 1 unspecified atom stereocenters. The average Bonchev–Trinajstić information content (AvgIpc) is 2.96. The number of halogens is 2. The van der Waals surface area contributed by atoms with Crippen LogP contribution in [0.1, 0.15) is 28.4 Å². The third-order valence-corrected chi connectivity index (χ3v) is 7.84. The number of thioether (sulfide) groups is 1. The zero-order chi connectivity index (χ0) is 29.4. The van der Waals surface area contributed by atoms with Gasteiger partial charge in [0.05, 0.1) is 15.3 Å². The van der Waals surface area contributed by atoms with Crippen LogP contribution in [-0.2, 0) is 9.59 Å². The Morgan fingerprint density at radius 2 is 1.51 bits per heavy atom. The maximum atomic E-state index is 13.3. The van der Waals surface area contributed by atoms with Crippen molar-refractivity contribution in [3.8, 4) is 0 Å². The lowest BCUT2D eigenvalue weighted by molar-refractivity contribution is -0.115. The zero-order valence-electron chi connectivity index (χ0n) is 22.3. The molecule has 6 nitrogen and oxygen atoms in total. The van der Waals surface area contributed by atoms with Crippen LogP contribution < -0.4 is 16.0 Å². The molecule has 0 aliphatic carbocycles. The topological polar surface area (TPSA) is 87.3 Å². The highest BCUT2D eigenvalue weighted by Crippen LogP contribution is 2.28. The van der Waals surface area contributed by atoms with E-state index in [-0.39, 0.29) is 21.9 Å². The van der Waals surface area contributed by atoms with Gasteiger partial charge in [0.25, 0.3) is 11.8 Å². The summed E-state index contributed by atoms with van der Waals surface area (Å²) < 4.78 is 0. The number of carbonyl (C=O) groups is 3. The molecule has 0 spiro atoms. The van der Waals surface area contributed by atoms with Gasteiger partial charge in [0.1, 0.15) is 5.70 Å². The van der Waals surface area contributed by atoms with E-state index in [0.29, 0.717) is 21.8 Å². The van der Waals surface area contributed by atoms with Gasteiger partial charge in [-0.25, -0.2) is 0 Å². The average molecular weight is 605 g/mol. The molecule has 1 atom stereocenters. The zero-order valence-corrected chi connectivity index (χ0v) is 24.6. The second-order valence-electron chi connectivity index (χ2n) is 9.12. The Balaban J connectivity index is 1.46. The molecular formula is C32H27Cl2N3O3S. The van der Waals surface area contributed by atoms with Gasteiger partial charge >= 0.3 is 0 Å². The van der Waals surface area contributed by atoms with Crippen molar-refractivity contribution in [1.29, 1.82) is 0 Å². The summed E-state index contributed by atoms with van der Waals surface area (Å²) in [6.45, 7) is 3.80. The molecule has 9 heteroatoms. The number of rotatable bonds is 9. The second-order valence-corrected chi connectivity index (χ2v) is 11.3. The minimum atomic E-state index is -0.545. The van der Waals surface area contributed by atoms with E-state index in [2.05, 4.69) is 16.0 Å². The highest BCUT2D eigenvalue weighted by Gasteiger charge is 2.18. The molecule has 41 heavy (non-hydrogen) atoms. The number of hydrogen-bond donors (Lipinski definition) is 3. The highest BCUT2D eigenvalue weighted by atomic mass is 35.5. The van der Waals surface area contributed by atoms with Crippen molar-refractivity contribution in [3.05, 3.63) is 129 Å². The van der Waals surface area contributed by atoms with Crippen LogP contribution in [0.5, 0.6) is 0 Å². The van der Waals surface area contributed by atoms with E-state index < -0.39 is 11.8 Å². The van der Waals surface area contributed by atoms with Crippen LogP contribution in [-0.4, -0.2) is 23.0 Å². The third kappa shape index (κ3) is 8.47. The van der Waals surface area contributed by atoms with Gasteiger partial charge in [-0.2, -0.15) is 0 Å². The molecule has 0 saturated carbocycles. The molecule has 3 N–H and O–H groups in total. The Morgan fingerprint density at radius 3 is 2.22 bits per heavy atom. The predicted molar refractivity (Wildman–Crippen MR) is 169 cm³/mol. The lowest BCUT2D eigenvalue weighted by atomic mass is 10.1. The molecule has 0 radical (unpaired) electrons. The fourth-order valence-electron chi connectivity index (χ4n) is 3.77. The Kier molecular flexibility index (Phi) is 10.2. The van der Waals surface area contributed by atoms with Gasteiger partial charge in [-0.15, -0.1) is 11.8 Å². The van der Waals surface area contributed by atoms with Crippen LogP contribution in [0.2, 0.25) is 10.0 Å². The first-order chi connectivity index (χ1) is 19.7. The van der Waals surface area contributed by atoms with E-state index in [4.69, 9.17) is 23.2 Å². The smallest absolute Gasteiger partial charge is 0.272 e. The molecule has 0 saturated heterocycles. The number of aryl methyl sites for hydroxylation is 1. The van der Waals surface area contributed by atoms with Crippen molar-refractivity contribution in [2.75, 3.05) is 10.6 Å². The predicted octanol–water partition coefficient (Wildman–Crippen LogP) is 7.83. The van der Waals surface area contributed by atoms with Gasteiger partial charge in [-0.3, -0.25) is 14.4 Å². The highest BCUT2D eigenvalue weighted by molar-refractivity contribution is 8.00. The van der Waals surface area contributed by atoms with E-state index in [1.807, 2.05) is 50.2 Å². The molecule has 0 fully saturated rings. The van der Waals surface area contributed by atoms with Crippen LogP contribution in [0, 0.1) is 6.92 Å². The Hall–Kier alpha value is -4.04. The van der Waals surface area contributed by atoms with E-state index in [0.717, 1.165) is 16.1 Å². The van der Waals surface area contributed by atoms with Gasteiger partial charge < -0.3 is 16.0 Å². The fraction of sp³-hybridized carbons (Fsp3) is 0.0938. The van der Waals surface area contributed by atoms with Gasteiger partial charge in [0.2, 0.25) is 5.91 Å². The maximum Gasteiger partial charge on any atom is 0.272 e. The summed E-state index contributed by atoms with van der Waals surface area (Å²) in [7, 11) is 0. The lowest BCUT2D eigenvalue weighted by Crippen LogP contribution is -2.30. The summed E-state index contributed by atoms with van der Waals surface area (Å²) in [6, 6.07) is 28.3. The molecule has 3 amide bonds. The minimum absolute atomic E-state index is 0.0112. The maximum absolute atomic E-state index is 13.3. The van der Waals surface area contributed by atoms with Gasteiger partial charge in [-0.1, -0.05) is 65.7 Å². The summed E-state index contributed by atoms with van der Waals surface area (Å²) in [5.41, 5.74) is 3.18. The molecule has 4 aromatic rings. The number of carbonyl (C=O) groups excluding carboxylic acids is 3. The van der Waals surface area contributed by atoms with E-state index >= 15 is 0 Å². The normalized spacial score (nSPS) is 11.9. The quantitative estimate of drug-likeness (QED) is 0.134. The number of amides is 3. The molecule has 0 bridgehead atoms.